The topological polar surface area (TPSA) is 472 Å². The smallest absolute Gasteiger partial charge is 0.187 e. The SMILES string of the molecule is CO[C@@]1(CC[C@@H](C)CO[C@@H]2O[C@H](CO)[C@@H](O)[C@H](O)[C@H]2O)O[C@H]2C[C@H]3[C@@H]4CC[C@H]5C[C@@H](O[C@@H]6O[C@H](CO)[C@H](O[C@@H]7O[C@H](CO)[C@@H](O)[C@H](O[C@@H]8OC[C@@H](O)[C@H](O)[C@H]8O)[C@H]7O[C@@H]7O[C@H](CO)[C@@H](O)[C@H](O)[C@H]7O)[C@H](O)[C@H]6O)[C@H](O)C[C@]5(C)[C@H]4CC(=O)[C@]3(C)[C@H]2[C@@H]1C. The highest BCUT2D eigenvalue weighted by molar-refractivity contribution is 5.87. The normalized spacial score (nSPS) is 54.8. The number of ether oxygens (including phenoxy) is 12. The van der Waals surface area contributed by atoms with Crippen molar-refractivity contribution in [1.82, 2.24) is 0 Å². The number of carbonyl (C=O) groups excluding carboxylic acids is 1. The van der Waals surface area contributed by atoms with Crippen molar-refractivity contribution >= 4 is 5.78 Å². The van der Waals surface area contributed by atoms with Gasteiger partial charge in [0.05, 0.1) is 58.0 Å². The Morgan fingerprint density at radius 3 is 1.77 bits per heavy atom. The molecule has 0 aromatic carbocycles. The molecule has 10 fully saturated rings. The van der Waals surface area contributed by atoms with E-state index in [0.29, 0.717) is 19.3 Å². The van der Waals surface area contributed by atoms with Gasteiger partial charge in [0.2, 0.25) is 0 Å². The van der Waals surface area contributed by atoms with Crippen LogP contribution in [0.5, 0.6) is 0 Å². The number of carbonyl (C=O) groups is 1. The fourth-order valence-corrected chi connectivity index (χ4v) is 16.9. The van der Waals surface area contributed by atoms with Gasteiger partial charge in [-0.05, 0) is 73.5 Å². The van der Waals surface area contributed by atoms with E-state index in [0.717, 1.165) is 12.8 Å². The Bertz CT molecular complexity index is 2270. The van der Waals surface area contributed by atoms with E-state index in [-0.39, 0.29) is 79.2 Å². The molecule has 6 aliphatic heterocycles. The fourth-order valence-electron chi connectivity index (χ4n) is 16.9. The summed E-state index contributed by atoms with van der Waals surface area (Å²) in [5.74, 6) is -1.36. The summed E-state index contributed by atoms with van der Waals surface area (Å²) < 4.78 is 72.1. The van der Waals surface area contributed by atoms with E-state index in [4.69, 9.17) is 56.8 Å². The second kappa shape index (κ2) is 27.1. The lowest BCUT2D eigenvalue weighted by Gasteiger charge is -2.61. The predicted molar refractivity (Wildman–Crippen MR) is 285 cm³/mol. The van der Waals surface area contributed by atoms with Gasteiger partial charge in [0.15, 0.2) is 37.2 Å². The highest BCUT2D eigenvalue weighted by Crippen LogP contribution is 2.70. The first-order valence-electron chi connectivity index (χ1n) is 30.7. The number of methoxy groups -OCH3 is 1. The number of rotatable bonds is 19. The quantitative estimate of drug-likeness (QED) is 0.0535. The number of aliphatic hydroxyl groups is 17. The Hall–Kier alpha value is -1.49. The Morgan fingerprint density at radius 2 is 1.13 bits per heavy atom. The molecule has 502 valence electrons. The van der Waals surface area contributed by atoms with Crippen LogP contribution in [0.15, 0.2) is 0 Å². The minimum atomic E-state index is -2.06. The zero-order chi connectivity index (χ0) is 63.1. The van der Waals surface area contributed by atoms with Crippen LogP contribution in [0.2, 0.25) is 0 Å². The lowest BCUT2D eigenvalue weighted by atomic mass is 9.43. The summed E-state index contributed by atoms with van der Waals surface area (Å²) in [7, 11) is 1.61. The third kappa shape index (κ3) is 12.3. The molecule has 6 saturated heterocycles. The van der Waals surface area contributed by atoms with Crippen molar-refractivity contribution in [3.05, 3.63) is 0 Å². The van der Waals surface area contributed by atoms with Gasteiger partial charge in [-0.15, -0.1) is 0 Å². The van der Waals surface area contributed by atoms with Gasteiger partial charge in [0.25, 0.3) is 0 Å². The third-order valence-corrected chi connectivity index (χ3v) is 22.0. The Kier molecular flexibility index (Phi) is 21.3. The molecule has 4 aliphatic carbocycles. The van der Waals surface area contributed by atoms with E-state index in [1.54, 1.807) is 7.11 Å². The van der Waals surface area contributed by atoms with Gasteiger partial charge in [-0.2, -0.15) is 0 Å². The van der Waals surface area contributed by atoms with Crippen LogP contribution in [0.4, 0.5) is 0 Å². The van der Waals surface area contributed by atoms with Crippen LogP contribution in [0.1, 0.15) is 79.1 Å². The molecule has 0 radical (unpaired) electrons. The van der Waals surface area contributed by atoms with E-state index in [2.05, 4.69) is 20.8 Å². The van der Waals surface area contributed by atoms with Crippen molar-refractivity contribution in [3.63, 3.8) is 0 Å². The number of aliphatic hydroxyl groups excluding tert-OH is 17. The molecule has 0 aromatic rings. The van der Waals surface area contributed by atoms with Gasteiger partial charge in [0.1, 0.15) is 122 Å². The highest BCUT2D eigenvalue weighted by atomic mass is 16.8. The van der Waals surface area contributed by atoms with Crippen molar-refractivity contribution in [2.45, 2.75) is 251 Å². The molecule has 0 spiro atoms. The van der Waals surface area contributed by atoms with Crippen LogP contribution in [0.25, 0.3) is 0 Å². The minimum Gasteiger partial charge on any atom is -0.394 e. The van der Waals surface area contributed by atoms with Crippen LogP contribution >= 0.6 is 0 Å². The van der Waals surface area contributed by atoms with Crippen molar-refractivity contribution < 1.29 is 148 Å². The molecule has 17 N–H and O–H groups in total. The van der Waals surface area contributed by atoms with Crippen LogP contribution in [-0.2, 0) is 61.6 Å². The molecule has 10 aliphatic rings. The molecule has 0 bridgehead atoms. The van der Waals surface area contributed by atoms with Crippen LogP contribution < -0.4 is 0 Å². The Morgan fingerprint density at radius 1 is 0.575 bits per heavy atom. The summed E-state index contributed by atoms with van der Waals surface area (Å²) >= 11 is 0. The second-order valence-corrected chi connectivity index (χ2v) is 26.8. The van der Waals surface area contributed by atoms with E-state index in [9.17, 15) is 86.8 Å². The van der Waals surface area contributed by atoms with Crippen LogP contribution in [-0.4, -0.2) is 311 Å². The van der Waals surface area contributed by atoms with Gasteiger partial charge in [-0.1, -0.05) is 27.7 Å². The lowest BCUT2D eigenvalue weighted by Crippen LogP contribution is -2.68. The molecule has 10 rings (SSSR count). The maximum absolute atomic E-state index is 15.0. The average Bonchev–Trinajstić information content (AvgIpc) is 1.58. The van der Waals surface area contributed by atoms with E-state index in [1.807, 2.05) is 6.92 Å². The van der Waals surface area contributed by atoms with E-state index in [1.165, 1.54) is 0 Å². The zero-order valence-corrected chi connectivity index (χ0v) is 49.4. The largest absolute Gasteiger partial charge is 0.394 e. The number of fused-ring (bicyclic) bond motifs is 7. The summed E-state index contributed by atoms with van der Waals surface area (Å²) in [4.78, 5) is 15.0. The zero-order valence-electron chi connectivity index (χ0n) is 49.4. The van der Waals surface area contributed by atoms with Crippen LogP contribution in [0, 0.1) is 52.3 Å². The number of Topliss-reactive ketones (excluding diaryl/α,β-unsaturated/α-hetero) is 1. The average molecular weight is 1260 g/mol. The van der Waals surface area contributed by atoms with Crippen molar-refractivity contribution in [3.8, 4) is 0 Å². The summed E-state index contributed by atoms with van der Waals surface area (Å²) in [5.41, 5.74) is -1.25. The van der Waals surface area contributed by atoms with Crippen LogP contribution in [0.3, 0.4) is 0 Å². The monoisotopic (exact) mass is 1260 g/mol. The minimum absolute atomic E-state index is 0.0157. The first-order valence-corrected chi connectivity index (χ1v) is 30.7. The first-order chi connectivity index (χ1) is 41.2. The molecule has 37 atom stereocenters. The third-order valence-electron chi connectivity index (χ3n) is 22.0. The van der Waals surface area contributed by atoms with Crippen molar-refractivity contribution in [1.29, 1.82) is 0 Å². The summed E-state index contributed by atoms with van der Waals surface area (Å²) in [6, 6.07) is 0. The van der Waals surface area contributed by atoms with Crippen molar-refractivity contribution in [2.24, 2.45) is 52.3 Å². The molecular formula is C57H94O30. The predicted octanol–water partition coefficient (Wildman–Crippen LogP) is -6.69. The van der Waals surface area contributed by atoms with Gasteiger partial charge >= 0.3 is 0 Å². The number of ketones is 1. The molecule has 6 heterocycles. The highest BCUT2D eigenvalue weighted by Gasteiger charge is 2.72. The van der Waals surface area contributed by atoms with Gasteiger partial charge in [-0.3, -0.25) is 4.79 Å². The Balaban J connectivity index is 0.786. The maximum atomic E-state index is 15.0. The molecule has 30 nitrogen and oxygen atoms in total. The molecule has 0 aromatic heterocycles. The second-order valence-electron chi connectivity index (χ2n) is 26.8. The van der Waals surface area contributed by atoms with Gasteiger partial charge in [-0.25, -0.2) is 0 Å². The van der Waals surface area contributed by atoms with Gasteiger partial charge < -0.3 is 144 Å². The molecule has 4 saturated carbocycles. The summed E-state index contributed by atoms with van der Waals surface area (Å²) in [5, 5.41) is 182. The molecule has 87 heavy (non-hydrogen) atoms. The number of hydrogen-bond acceptors (Lipinski definition) is 30. The first kappa shape index (κ1) is 68.4. The fraction of sp³-hybridized carbons (Fsp3) is 0.982. The maximum Gasteiger partial charge on any atom is 0.187 e. The lowest BCUT2D eigenvalue weighted by molar-refractivity contribution is -0.404. The molecule has 30 heteroatoms. The molecule has 0 amide bonds. The van der Waals surface area contributed by atoms with Crippen molar-refractivity contribution in [2.75, 3.05) is 46.8 Å². The Labute approximate surface area is 502 Å². The summed E-state index contributed by atoms with van der Waals surface area (Å²) in [6.45, 7) is 4.49. The molecular weight excluding hydrogens is 1160 g/mol. The summed E-state index contributed by atoms with van der Waals surface area (Å²) in [6.07, 6.45) is -40.2. The standard InChI is InChI=1S/C57H94O30/c1-20(18-77-50-44(73)40(69)37(66)30(14-58)80-50)8-9-57(76-5)21(2)35-29(87-57)11-25-23-7-6-22-10-28(26(62)13-55(22,3)24(23)12-34(64)56(25,35)4)79-52-46(75)42(71)47(33(17-61)83-52)84-54-49(86-53-45(74)41(70)38(67)31(15-59)81-53)48(39(68)32(16-60)82-54)85-51-43(72)36(65)27(63)19-78-51/h20-33,35-54,58-63,65-75H,6-19H2,1-5H3/t20-,21+,22+,23-,24+,25+,26-,27-,28-,29+,30-,31-,32-,33-,35+,36+,37-,38-,39-,40+,41+,42-,43-,44-,45-,46-,47+,48+,49-,50-,51+,52-,53+,54+,55+,56-,57+/m1/s1. The van der Waals surface area contributed by atoms with Gasteiger partial charge in [0, 0.05) is 37.2 Å². The number of hydrogen-bond donors (Lipinski definition) is 17. The molecule has 0 unspecified atom stereocenters. The van der Waals surface area contributed by atoms with E-state index < -0.39 is 209 Å². The van der Waals surface area contributed by atoms with E-state index >= 15 is 4.79 Å².